The third-order valence-corrected chi connectivity index (χ3v) is 5.44. The van der Waals surface area contributed by atoms with E-state index in [0.29, 0.717) is 19.8 Å². The SMILES string of the molecule is CCOC(C)C(O)(c1ccccc1)[C@@H](COCc1ccccc1)OCc1ccccc1. The Balaban J connectivity index is 1.84. The van der Waals surface area contributed by atoms with Crippen LogP contribution in [0.15, 0.2) is 91.0 Å². The first-order valence-electron chi connectivity index (χ1n) is 10.8. The summed E-state index contributed by atoms with van der Waals surface area (Å²) in [7, 11) is 0. The Morgan fingerprint density at radius 1 is 0.742 bits per heavy atom. The summed E-state index contributed by atoms with van der Waals surface area (Å²) in [5, 5.41) is 12.0. The zero-order valence-corrected chi connectivity index (χ0v) is 18.3. The molecule has 0 aliphatic carbocycles. The largest absolute Gasteiger partial charge is 0.380 e. The van der Waals surface area contributed by atoms with Crippen LogP contribution in [-0.4, -0.2) is 30.5 Å². The van der Waals surface area contributed by atoms with Gasteiger partial charge < -0.3 is 19.3 Å². The van der Waals surface area contributed by atoms with Crippen LogP contribution in [-0.2, 0) is 33.0 Å². The van der Waals surface area contributed by atoms with E-state index in [0.717, 1.165) is 16.7 Å². The third kappa shape index (κ3) is 6.25. The van der Waals surface area contributed by atoms with Crippen LogP contribution in [0, 0.1) is 0 Å². The molecule has 0 heterocycles. The van der Waals surface area contributed by atoms with Crippen molar-refractivity contribution in [3.8, 4) is 0 Å². The Hall–Kier alpha value is -2.50. The van der Waals surface area contributed by atoms with Crippen LogP contribution in [0.25, 0.3) is 0 Å². The van der Waals surface area contributed by atoms with Gasteiger partial charge in [0.15, 0.2) is 0 Å². The van der Waals surface area contributed by atoms with Crippen LogP contribution >= 0.6 is 0 Å². The standard InChI is InChI=1S/C27H32O4/c1-3-30-22(2)27(28,25-17-11-6-12-18-25)26(31-20-24-15-9-5-10-16-24)21-29-19-23-13-7-4-8-14-23/h4-18,22,26,28H,3,19-21H2,1-2H3/t22?,26-,27?/m1/s1. The summed E-state index contributed by atoms with van der Waals surface area (Å²) in [6.07, 6.45) is -1.11. The van der Waals surface area contributed by atoms with Crippen LogP contribution in [0.1, 0.15) is 30.5 Å². The van der Waals surface area contributed by atoms with Gasteiger partial charge >= 0.3 is 0 Å². The normalized spacial score (nSPS) is 15.2. The van der Waals surface area contributed by atoms with E-state index in [9.17, 15) is 5.11 Å². The lowest BCUT2D eigenvalue weighted by Gasteiger charge is -2.40. The molecule has 0 bridgehead atoms. The van der Waals surface area contributed by atoms with E-state index in [2.05, 4.69) is 0 Å². The van der Waals surface area contributed by atoms with E-state index in [4.69, 9.17) is 14.2 Å². The zero-order chi connectivity index (χ0) is 21.9. The Kier molecular flexibility index (Phi) is 8.80. The topological polar surface area (TPSA) is 47.9 Å². The molecular weight excluding hydrogens is 388 g/mol. The molecule has 3 rings (SSSR count). The molecule has 0 fully saturated rings. The monoisotopic (exact) mass is 420 g/mol. The van der Waals surface area contributed by atoms with Gasteiger partial charge in [0.25, 0.3) is 0 Å². The van der Waals surface area contributed by atoms with Crippen molar-refractivity contribution in [3.05, 3.63) is 108 Å². The molecule has 0 aliphatic rings. The van der Waals surface area contributed by atoms with Crippen LogP contribution in [0.2, 0.25) is 0 Å². The molecule has 164 valence electrons. The van der Waals surface area contributed by atoms with E-state index in [1.807, 2.05) is 105 Å². The highest BCUT2D eigenvalue weighted by atomic mass is 16.6. The second-order valence-corrected chi connectivity index (χ2v) is 7.57. The van der Waals surface area contributed by atoms with Crippen molar-refractivity contribution in [3.63, 3.8) is 0 Å². The van der Waals surface area contributed by atoms with Crippen LogP contribution < -0.4 is 0 Å². The fourth-order valence-corrected chi connectivity index (χ4v) is 3.70. The molecule has 0 amide bonds. The second kappa shape index (κ2) is 11.8. The van der Waals surface area contributed by atoms with Gasteiger partial charge in [-0.25, -0.2) is 0 Å². The van der Waals surface area contributed by atoms with Crippen molar-refractivity contribution < 1.29 is 19.3 Å². The van der Waals surface area contributed by atoms with E-state index in [-0.39, 0.29) is 6.61 Å². The van der Waals surface area contributed by atoms with Crippen molar-refractivity contribution in [1.82, 2.24) is 0 Å². The average molecular weight is 421 g/mol. The van der Waals surface area contributed by atoms with Gasteiger partial charge in [0.1, 0.15) is 11.7 Å². The van der Waals surface area contributed by atoms with E-state index in [1.54, 1.807) is 0 Å². The lowest BCUT2D eigenvalue weighted by atomic mass is 9.83. The first kappa shape index (κ1) is 23.2. The maximum Gasteiger partial charge on any atom is 0.144 e. The highest BCUT2D eigenvalue weighted by Crippen LogP contribution is 2.34. The van der Waals surface area contributed by atoms with Gasteiger partial charge in [0.05, 0.1) is 25.9 Å². The van der Waals surface area contributed by atoms with Crippen molar-refractivity contribution in [2.45, 2.75) is 44.9 Å². The lowest BCUT2D eigenvalue weighted by Crippen LogP contribution is -2.52. The molecule has 3 aromatic carbocycles. The number of rotatable bonds is 12. The molecule has 0 saturated heterocycles. The molecule has 0 radical (unpaired) electrons. The van der Waals surface area contributed by atoms with Gasteiger partial charge in [0, 0.05) is 6.61 Å². The molecule has 4 nitrogen and oxygen atoms in total. The number of hydrogen-bond acceptors (Lipinski definition) is 4. The minimum absolute atomic E-state index is 0.227. The molecule has 0 aliphatic heterocycles. The molecule has 0 aromatic heterocycles. The van der Waals surface area contributed by atoms with Crippen molar-refractivity contribution in [2.24, 2.45) is 0 Å². The van der Waals surface area contributed by atoms with Crippen molar-refractivity contribution >= 4 is 0 Å². The van der Waals surface area contributed by atoms with E-state index < -0.39 is 17.8 Å². The van der Waals surface area contributed by atoms with Gasteiger partial charge in [-0.1, -0.05) is 91.0 Å². The summed E-state index contributed by atoms with van der Waals surface area (Å²) in [5.74, 6) is 0. The first-order chi connectivity index (χ1) is 15.1. The molecule has 4 heteroatoms. The van der Waals surface area contributed by atoms with Crippen molar-refractivity contribution in [2.75, 3.05) is 13.2 Å². The van der Waals surface area contributed by atoms with Gasteiger partial charge in [-0.2, -0.15) is 0 Å². The summed E-state index contributed by atoms with van der Waals surface area (Å²) < 4.78 is 18.2. The molecule has 3 atom stereocenters. The fourth-order valence-electron chi connectivity index (χ4n) is 3.70. The Morgan fingerprint density at radius 2 is 1.26 bits per heavy atom. The van der Waals surface area contributed by atoms with Crippen molar-refractivity contribution in [1.29, 1.82) is 0 Å². The molecule has 3 aromatic rings. The molecule has 31 heavy (non-hydrogen) atoms. The predicted octanol–water partition coefficient (Wildman–Crippen LogP) is 5.10. The number of hydrogen-bond donors (Lipinski definition) is 1. The zero-order valence-electron chi connectivity index (χ0n) is 18.3. The van der Waals surface area contributed by atoms with Crippen LogP contribution in [0.3, 0.4) is 0 Å². The minimum Gasteiger partial charge on any atom is -0.380 e. The Morgan fingerprint density at radius 3 is 1.81 bits per heavy atom. The molecule has 1 N–H and O–H groups in total. The van der Waals surface area contributed by atoms with Crippen LogP contribution in [0.5, 0.6) is 0 Å². The Labute approximate surface area is 185 Å². The predicted molar refractivity (Wildman–Crippen MR) is 123 cm³/mol. The smallest absolute Gasteiger partial charge is 0.144 e. The van der Waals surface area contributed by atoms with Gasteiger partial charge in [0.2, 0.25) is 0 Å². The average Bonchev–Trinajstić information content (AvgIpc) is 2.83. The summed E-state index contributed by atoms with van der Waals surface area (Å²) in [4.78, 5) is 0. The van der Waals surface area contributed by atoms with E-state index >= 15 is 0 Å². The molecule has 0 saturated carbocycles. The molecule has 0 spiro atoms. The Bertz CT molecular complexity index is 870. The minimum atomic E-state index is -1.37. The molecule has 2 unspecified atom stereocenters. The summed E-state index contributed by atoms with van der Waals surface area (Å²) in [6.45, 7) is 5.34. The first-order valence-corrected chi connectivity index (χ1v) is 10.8. The van der Waals surface area contributed by atoms with Crippen LogP contribution in [0.4, 0.5) is 0 Å². The van der Waals surface area contributed by atoms with Gasteiger partial charge in [-0.05, 0) is 30.5 Å². The summed E-state index contributed by atoms with van der Waals surface area (Å²) in [6, 6.07) is 29.5. The highest BCUT2D eigenvalue weighted by Gasteiger charge is 2.45. The number of benzene rings is 3. The van der Waals surface area contributed by atoms with Gasteiger partial charge in [-0.15, -0.1) is 0 Å². The summed E-state index contributed by atoms with van der Waals surface area (Å²) >= 11 is 0. The molecular formula is C27H32O4. The summed E-state index contributed by atoms with van der Waals surface area (Å²) in [5.41, 5.74) is 1.49. The second-order valence-electron chi connectivity index (χ2n) is 7.57. The number of ether oxygens (including phenoxy) is 3. The third-order valence-electron chi connectivity index (χ3n) is 5.44. The number of aliphatic hydroxyl groups is 1. The lowest BCUT2D eigenvalue weighted by molar-refractivity contribution is -0.201. The van der Waals surface area contributed by atoms with Gasteiger partial charge in [-0.3, -0.25) is 0 Å². The highest BCUT2D eigenvalue weighted by molar-refractivity contribution is 5.26. The maximum atomic E-state index is 12.0. The quantitative estimate of drug-likeness (QED) is 0.443. The van der Waals surface area contributed by atoms with E-state index in [1.165, 1.54) is 0 Å². The fraction of sp³-hybridized carbons (Fsp3) is 0.333. The maximum absolute atomic E-state index is 12.0.